The molecule has 1 fully saturated rings. The van der Waals surface area contributed by atoms with Gasteiger partial charge in [0.15, 0.2) is 5.82 Å². The van der Waals surface area contributed by atoms with Gasteiger partial charge in [0, 0.05) is 40.0 Å². The van der Waals surface area contributed by atoms with E-state index in [4.69, 9.17) is 14.2 Å². The molecule has 1 N–H and O–H groups in total. The highest BCUT2D eigenvalue weighted by atomic mass is 16.6. The molecule has 0 radical (unpaired) electrons. The number of methoxy groups -OCH3 is 1. The summed E-state index contributed by atoms with van der Waals surface area (Å²) in [4.78, 5) is 40.4. The summed E-state index contributed by atoms with van der Waals surface area (Å²) in [7, 11) is 4.97. The summed E-state index contributed by atoms with van der Waals surface area (Å²) in [6.07, 6.45) is 2.37. The Morgan fingerprint density at radius 2 is 1.91 bits per heavy atom. The Hall–Kier alpha value is -3.63. The van der Waals surface area contributed by atoms with Crippen molar-refractivity contribution in [3.8, 4) is 11.6 Å². The summed E-state index contributed by atoms with van der Waals surface area (Å²) in [5, 5.41) is 3.23. The van der Waals surface area contributed by atoms with Crippen LogP contribution in [0.3, 0.4) is 0 Å². The first-order chi connectivity index (χ1) is 16.7. The molecular weight excluding hydrogens is 452 g/mol. The lowest BCUT2D eigenvalue weighted by Gasteiger charge is -2.31. The van der Waals surface area contributed by atoms with Crippen molar-refractivity contribution in [2.75, 3.05) is 39.6 Å². The Labute approximate surface area is 205 Å². The first-order valence-corrected chi connectivity index (χ1v) is 11.6. The van der Waals surface area contributed by atoms with Gasteiger partial charge in [0.05, 0.1) is 36.7 Å². The standard InChI is InChI=1S/C24H34N6O5/c1-15(2)34-24(32)30-11-9-18(10-12-30)35-23-21(33-6)22(25-14-26-23)28-19-8-7-17(27-16(19)3)13-20(31)29(4)5/h7-8,14-15,18H,9-13H2,1-6H3,(H,25,26,28). The monoisotopic (exact) mass is 486 g/mol. The van der Waals surface area contributed by atoms with Gasteiger partial charge in [0.1, 0.15) is 12.4 Å². The van der Waals surface area contributed by atoms with E-state index in [-0.39, 0.29) is 30.6 Å². The molecule has 0 bridgehead atoms. The van der Waals surface area contributed by atoms with Crippen molar-refractivity contribution < 1.29 is 23.8 Å². The van der Waals surface area contributed by atoms with E-state index in [1.807, 2.05) is 26.8 Å². The van der Waals surface area contributed by atoms with E-state index in [0.29, 0.717) is 49.1 Å². The van der Waals surface area contributed by atoms with Crippen LogP contribution in [-0.4, -0.2) is 83.3 Å². The number of aryl methyl sites for hydroxylation is 1. The molecule has 0 unspecified atom stereocenters. The highest BCUT2D eigenvalue weighted by Gasteiger charge is 2.27. The van der Waals surface area contributed by atoms with E-state index in [2.05, 4.69) is 20.3 Å². The van der Waals surface area contributed by atoms with Gasteiger partial charge >= 0.3 is 6.09 Å². The molecule has 1 aliphatic rings. The maximum atomic E-state index is 12.1. The van der Waals surface area contributed by atoms with Gasteiger partial charge < -0.3 is 29.3 Å². The summed E-state index contributed by atoms with van der Waals surface area (Å²) in [5.41, 5.74) is 2.14. The maximum Gasteiger partial charge on any atom is 0.410 e. The fraction of sp³-hybridized carbons (Fsp3) is 0.542. The van der Waals surface area contributed by atoms with E-state index in [1.54, 1.807) is 25.1 Å². The molecule has 0 saturated carbocycles. The number of pyridine rings is 1. The molecule has 1 aliphatic heterocycles. The van der Waals surface area contributed by atoms with Crippen molar-refractivity contribution in [3.63, 3.8) is 0 Å². The molecule has 2 amide bonds. The van der Waals surface area contributed by atoms with E-state index in [9.17, 15) is 9.59 Å². The second-order valence-electron chi connectivity index (χ2n) is 8.82. The van der Waals surface area contributed by atoms with Crippen molar-refractivity contribution in [2.45, 2.75) is 52.2 Å². The highest BCUT2D eigenvalue weighted by molar-refractivity contribution is 5.78. The number of nitrogens with zero attached hydrogens (tertiary/aromatic N) is 5. The average Bonchev–Trinajstić information content (AvgIpc) is 2.81. The number of likely N-dealkylation sites (N-methyl/N-ethyl adjacent to an activating group) is 1. The molecule has 190 valence electrons. The first-order valence-electron chi connectivity index (χ1n) is 11.6. The molecule has 2 aromatic rings. The van der Waals surface area contributed by atoms with Gasteiger partial charge in [0.2, 0.25) is 11.7 Å². The second-order valence-corrected chi connectivity index (χ2v) is 8.82. The number of carbonyl (C=O) groups is 2. The van der Waals surface area contributed by atoms with Gasteiger partial charge in [-0.25, -0.2) is 9.78 Å². The van der Waals surface area contributed by atoms with Gasteiger partial charge in [-0.15, -0.1) is 0 Å². The van der Waals surface area contributed by atoms with E-state index >= 15 is 0 Å². The molecule has 11 nitrogen and oxygen atoms in total. The van der Waals surface area contributed by atoms with Gasteiger partial charge in [-0.1, -0.05) is 0 Å². The summed E-state index contributed by atoms with van der Waals surface area (Å²) < 4.78 is 17.0. The fourth-order valence-electron chi connectivity index (χ4n) is 3.59. The first kappa shape index (κ1) is 26.0. The van der Waals surface area contributed by atoms with Gasteiger partial charge in [0.25, 0.3) is 5.88 Å². The van der Waals surface area contributed by atoms with Crippen molar-refractivity contribution in [3.05, 3.63) is 29.8 Å². The minimum absolute atomic E-state index is 0.0143. The van der Waals surface area contributed by atoms with E-state index < -0.39 is 0 Å². The van der Waals surface area contributed by atoms with Crippen molar-refractivity contribution >= 4 is 23.5 Å². The molecule has 1 saturated heterocycles. The topological polar surface area (TPSA) is 119 Å². The largest absolute Gasteiger partial charge is 0.489 e. The van der Waals surface area contributed by atoms with Crippen LogP contribution in [0.1, 0.15) is 38.1 Å². The number of nitrogens with one attached hydrogen (secondary N) is 1. The zero-order chi connectivity index (χ0) is 25.5. The smallest absolute Gasteiger partial charge is 0.410 e. The molecule has 3 rings (SSSR count). The Balaban J connectivity index is 1.67. The predicted octanol–water partition coefficient (Wildman–Crippen LogP) is 2.95. The number of carbonyl (C=O) groups excluding carboxylic acids is 2. The molecule has 11 heteroatoms. The van der Waals surface area contributed by atoms with E-state index in [1.165, 1.54) is 18.3 Å². The zero-order valence-corrected chi connectivity index (χ0v) is 21.2. The Morgan fingerprint density at radius 3 is 2.51 bits per heavy atom. The van der Waals surface area contributed by atoms with Crippen LogP contribution in [0.15, 0.2) is 18.5 Å². The van der Waals surface area contributed by atoms with Gasteiger partial charge in [-0.3, -0.25) is 9.78 Å². The van der Waals surface area contributed by atoms with Crippen LogP contribution in [0.25, 0.3) is 0 Å². The second kappa shape index (κ2) is 11.7. The molecule has 0 spiro atoms. The number of anilines is 2. The van der Waals surface area contributed by atoms with Crippen LogP contribution >= 0.6 is 0 Å². The lowest BCUT2D eigenvalue weighted by molar-refractivity contribution is -0.128. The molecule has 0 atom stereocenters. The Bertz CT molecular complexity index is 1040. The average molecular weight is 487 g/mol. The molecule has 2 aromatic heterocycles. The highest BCUT2D eigenvalue weighted by Crippen LogP contribution is 2.35. The number of hydrogen-bond donors (Lipinski definition) is 1. The van der Waals surface area contributed by atoms with Crippen molar-refractivity contribution in [2.24, 2.45) is 0 Å². The fourth-order valence-corrected chi connectivity index (χ4v) is 3.59. The van der Waals surface area contributed by atoms with Crippen LogP contribution in [0.4, 0.5) is 16.3 Å². The number of ether oxygens (including phenoxy) is 3. The molecule has 0 aliphatic carbocycles. The van der Waals surface area contributed by atoms with Crippen LogP contribution in [0.5, 0.6) is 11.6 Å². The van der Waals surface area contributed by atoms with E-state index in [0.717, 1.165) is 11.4 Å². The van der Waals surface area contributed by atoms with Crippen LogP contribution < -0.4 is 14.8 Å². The number of likely N-dealkylation sites (tertiary alicyclic amines) is 1. The summed E-state index contributed by atoms with van der Waals surface area (Å²) in [6, 6.07) is 3.66. The summed E-state index contributed by atoms with van der Waals surface area (Å²) >= 11 is 0. The van der Waals surface area contributed by atoms with Crippen LogP contribution in [-0.2, 0) is 16.0 Å². The number of aromatic nitrogens is 3. The molecule has 3 heterocycles. The SMILES string of the molecule is COc1c(Nc2ccc(CC(=O)N(C)C)nc2C)ncnc1OC1CCN(C(=O)OC(C)C)CC1. The number of piperidine rings is 1. The van der Waals surface area contributed by atoms with Crippen molar-refractivity contribution in [1.82, 2.24) is 24.8 Å². The normalized spacial score (nSPS) is 14.0. The number of amides is 2. The third-order valence-electron chi connectivity index (χ3n) is 5.52. The molecule has 35 heavy (non-hydrogen) atoms. The zero-order valence-electron chi connectivity index (χ0n) is 21.2. The predicted molar refractivity (Wildman–Crippen MR) is 130 cm³/mol. The third-order valence-corrected chi connectivity index (χ3v) is 5.52. The Kier molecular flexibility index (Phi) is 8.67. The maximum absolute atomic E-state index is 12.1. The van der Waals surface area contributed by atoms with Gasteiger partial charge in [-0.05, 0) is 32.9 Å². The van der Waals surface area contributed by atoms with Gasteiger partial charge in [-0.2, -0.15) is 4.98 Å². The van der Waals surface area contributed by atoms with Crippen LogP contribution in [0, 0.1) is 6.92 Å². The molecule has 0 aromatic carbocycles. The number of hydrogen-bond acceptors (Lipinski definition) is 9. The van der Waals surface area contributed by atoms with Crippen molar-refractivity contribution in [1.29, 1.82) is 0 Å². The minimum Gasteiger partial charge on any atom is -0.489 e. The summed E-state index contributed by atoms with van der Waals surface area (Å²) in [6.45, 7) is 6.61. The quantitative estimate of drug-likeness (QED) is 0.600. The minimum atomic E-state index is -0.300. The van der Waals surface area contributed by atoms with Crippen LogP contribution in [0.2, 0.25) is 0 Å². The summed E-state index contributed by atoms with van der Waals surface area (Å²) in [5.74, 6) is 1.13. The lowest BCUT2D eigenvalue weighted by atomic mass is 10.1. The Morgan fingerprint density at radius 1 is 1.20 bits per heavy atom. The lowest BCUT2D eigenvalue weighted by Crippen LogP contribution is -2.42. The number of rotatable bonds is 8. The third kappa shape index (κ3) is 6.93. The molecular formula is C24H34N6O5.